The Balaban J connectivity index is 1.33. The monoisotopic (exact) mass is 450 g/mol. The second-order valence-electron chi connectivity index (χ2n) is 7.10. The lowest BCUT2D eigenvalue weighted by molar-refractivity contribution is -0.0500. The summed E-state index contributed by atoms with van der Waals surface area (Å²) in [7, 11) is 1.56. The zero-order chi connectivity index (χ0) is 22.0. The van der Waals surface area contributed by atoms with Gasteiger partial charge >= 0.3 is 6.61 Å². The van der Waals surface area contributed by atoms with Crippen molar-refractivity contribution in [2.75, 3.05) is 11.9 Å². The predicted molar refractivity (Wildman–Crippen MR) is 109 cm³/mol. The third-order valence-electron chi connectivity index (χ3n) is 4.77. The molecule has 0 aromatic carbocycles. The molecule has 2 atom stereocenters. The van der Waals surface area contributed by atoms with E-state index in [1.807, 2.05) is 6.92 Å². The van der Waals surface area contributed by atoms with Crippen LogP contribution in [0.25, 0.3) is 0 Å². The number of anilines is 1. The number of hydrogen-bond acceptors (Lipinski definition) is 9. The standard InChI is InChI=1S/C19H20F2N6O3S/c1-10-24-25-17(31-10)8-23-15-6-16(26-27(2)18(15)28)29-9-11-5-13(11)14-4-3-12(7-22-14)30-19(20)21/h3-4,6-7,11,13,19,23H,5,8-9H2,1-2H3/t11-,13+/m1/s1. The Kier molecular flexibility index (Phi) is 6.07. The lowest BCUT2D eigenvalue weighted by atomic mass is 10.2. The van der Waals surface area contributed by atoms with Gasteiger partial charge in [0.05, 0.1) is 19.3 Å². The van der Waals surface area contributed by atoms with Crippen molar-refractivity contribution in [2.45, 2.75) is 32.4 Å². The highest BCUT2D eigenvalue weighted by atomic mass is 32.1. The average molecular weight is 450 g/mol. The number of nitrogens with one attached hydrogen (secondary N) is 1. The lowest BCUT2D eigenvalue weighted by Gasteiger charge is -2.10. The molecule has 164 valence electrons. The Morgan fingerprint density at radius 2 is 2.19 bits per heavy atom. The van der Waals surface area contributed by atoms with E-state index in [2.05, 4.69) is 30.3 Å². The smallest absolute Gasteiger partial charge is 0.387 e. The Bertz CT molecular complexity index is 1100. The Morgan fingerprint density at radius 1 is 1.35 bits per heavy atom. The molecule has 1 aliphatic rings. The van der Waals surface area contributed by atoms with E-state index in [0.29, 0.717) is 24.7 Å². The molecule has 1 N–H and O–H groups in total. The minimum Gasteiger partial charge on any atom is -0.476 e. The number of hydrogen-bond donors (Lipinski definition) is 1. The molecule has 0 unspecified atom stereocenters. The fourth-order valence-electron chi connectivity index (χ4n) is 3.13. The number of aromatic nitrogens is 5. The Morgan fingerprint density at radius 3 is 2.87 bits per heavy atom. The van der Waals surface area contributed by atoms with Gasteiger partial charge < -0.3 is 14.8 Å². The van der Waals surface area contributed by atoms with Crippen LogP contribution in [0.2, 0.25) is 0 Å². The first kappa shape index (κ1) is 21.1. The van der Waals surface area contributed by atoms with Crippen molar-refractivity contribution in [3.8, 4) is 11.6 Å². The maximum absolute atomic E-state index is 12.3. The number of aryl methyl sites for hydroxylation is 2. The van der Waals surface area contributed by atoms with Crippen LogP contribution in [0.3, 0.4) is 0 Å². The summed E-state index contributed by atoms with van der Waals surface area (Å²) in [5, 5.41) is 16.8. The third kappa shape index (κ3) is 5.32. The van der Waals surface area contributed by atoms with Gasteiger partial charge in [0.2, 0.25) is 5.88 Å². The van der Waals surface area contributed by atoms with Crippen LogP contribution in [0.15, 0.2) is 29.2 Å². The van der Waals surface area contributed by atoms with Gasteiger partial charge in [0.1, 0.15) is 21.5 Å². The molecule has 3 heterocycles. The van der Waals surface area contributed by atoms with Gasteiger partial charge in [-0.05, 0) is 25.5 Å². The highest BCUT2D eigenvalue weighted by Crippen LogP contribution is 2.46. The molecule has 1 saturated carbocycles. The Labute approximate surface area is 180 Å². The number of halogens is 2. The maximum atomic E-state index is 12.3. The van der Waals surface area contributed by atoms with Crippen molar-refractivity contribution in [1.29, 1.82) is 0 Å². The molecule has 0 radical (unpaired) electrons. The molecule has 4 rings (SSSR count). The molecule has 0 spiro atoms. The quantitative estimate of drug-likeness (QED) is 0.531. The van der Waals surface area contributed by atoms with E-state index >= 15 is 0 Å². The molecule has 3 aromatic rings. The van der Waals surface area contributed by atoms with E-state index in [-0.39, 0.29) is 23.1 Å². The number of rotatable bonds is 9. The molecular weight excluding hydrogens is 430 g/mol. The van der Waals surface area contributed by atoms with Crippen LogP contribution in [0.4, 0.5) is 14.5 Å². The summed E-state index contributed by atoms with van der Waals surface area (Å²) in [5.74, 6) is 0.781. The summed E-state index contributed by atoms with van der Waals surface area (Å²) in [5.41, 5.74) is 0.899. The highest BCUT2D eigenvalue weighted by Gasteiger charge is 2.40. The van der Waals surface area contributed by atoms with Gasteiger partial charge in [0.15, 0.2) is 0 Å². The number of ether oxygens (including phenoxy) is 2. The van der Waals surface area contributed by atoms with Gasteiger partial charge in [-0.2, -0.15) is 8.78 Å². The van der Waals surface area contributed by atoms with Crippen LogP contribution in [0, 0.1) is 12.8 Å². The van der Waals surface area contributed by atoms with Gasteiger partial charge in [-0.25, -0.2) is 4.68 Å². The molecule has 1 fully saturated rings. The third-order valence-corrected chi connectivity index (χ3v) is 5.61. The number of nitrogens with zero attached hydrogens (tertiary/aromatic N) is 5. The minimum absolute atomic E-state index is 0.0327. The van der Waals surface area contributed by atoms with Crippen LogP contribution in [0.5, 0.6) is 11.6 Å². The molecule has 0 saturated heterocycles. The van der Waals surface area contributed by atoms with E-state index in [4.69, 9.17) is 4.74 Å². The molecule has 12 heteroatoms. The molecule has 0 amide bonds. The average Bonchev–Trinajstić information content (AvgIpc) is 3.39. The summed E-state index contributed by atoms with van der Waals surface area (Å²) in [6.45, 7) is -0.218. The van der Waals surface area contributed by atoms with Crippen molar-refractivity contribution >= 4 is 17.0 Å². The zero-order valence-electron chi connectivity index (χ0n) is 16.8. The van der Waals surface area contributed by atoms with Gasteiger partial charge in [0, 0.05) is 30.6 Å². The first-order valence-electron chi connectivity index (χ1n) is 9.54. The summed E-state index contributed by atoms with van der Waals surface area (Å²) in [4.78, 5) is 16.5. The van der Waals surface area contributed by atoms with Crippen LogP contribution < -0.4 is 20.3 Å². The summed E-state index contributed by atoms with van der Waals surface area (Å²) >= 11 is 1.45. The van der Waals surface area contributed by atoms with E-state index < -0.39 is 6.61 Å². The molecule has 1 aliphatic carbocycles. The van der Waals surface area contributed by atoms with E-state index in [1.165, 1.54) is 28.3 Å². The predicted octanol–water partition coefficient (Wildman–Crippen LogP) is 2.73. The maximum Gasteiger partial charge on any atom is 0.387 e. The second kappa shape index (κ2) is 8.92. The first-order chi connectivity index (χ1) is 14.9. The van der Waals surface area contributed by atoms with Crippen LogP contribution >= 0.6 is 11.3 Å². The van der Waals surface area contributed by atoms with Crippen molar-refractivity contribution in [1.82, 2.24) is 25.0 Å². The van der Waals surface area contributed by atoms with Crippen molar-refractivity contribution in [3.63, 3.8) is 0 Å². The second-order valence-corrected chi connectivity index (χ2v) is 8.37. The zero-order valence-corrected chi connectivity index (χ0v) is 17.6. The van der Waals surface area contributed by atoms with Gasteiger partial charge in [-0.3, -0.25) is 9.78 Å². The number of pyridine rings is 1. The fraction of sp³-hybridized carbons (Fsp3) is 0.421. The lowest BCUT2D eigenvalue weighted by Crippen LogP contribution is -2.24. The topological polar surface area (TPSA) is 104 Å². The van der Waals surface area contributed by atoms with Crippen LogP contribution in [-0.2, 0) is 13.6 Å². The normalized spacial score (nSPS) is 17.6. The molecular formula is C19H20F2N6O3S. The SMILES string of the molecule is Cc1nnc(CNc2cc(OC[C@H]3C[C@@H]3c3ccc(OC(F)F)cn3)nn(C)c2=O)s1. The molecule has 31 heavy (non-hydrogen) atoms. The van der Waals surface area contributed by atoms with Crippen LogP contribution in [0.1, 0.15) is 28.0 Å². The highest BCUT2D eigenvalue weighted by molar-refractivity contribution is 7.11. The molecule has 3 aromatic heterocycles. The van der Waals surface area contributed by atoms with E-state index in [0.717, 1.165) is 22.1 Å². The summed E-state index contributed by atoms with van der Waals surface area (Å²) < 4.78 is 35.8. The largest absolute Gasteiger partial charge is 0.476 e. The number of alkyl halides is 2. The first-order valence-corrected chi connectivity index (χ1v) is 10.4. The molecule has 9 nitrogen and oxygen atoms in total. The minimum atomic E-state index is -2.87. The van der Waals surface area contributed by atoms with Gasteiger partial charge in [0.25, 0.3) is 5.56 Å². The molecule has 0 aliphatic heterocycles. The van der Waals surface area contributed by atoms with Crippen molar-refractivity contribution in [3.05, 3.63) is 50.5 Å². The van der Waals surface area contributed by atoms with E-state index in [1.54, 1.807) is 19.2 Å². The Hall–Kier alpha value is -3.15. The van der Waals surface area contributed by atoms with Crippen molar-refractivity contribution < 1.29 is 18.3 Å². The van der Waals surface area contributed by atoms with Gasteiger partial charge in [-0.1, -0.05) is 11.3 Å². The van der Waals surface area contributed by atoms with Crippen LogP contribution in [-0.4, -0.2) is 38.2 Å². The summed E-state index contributed by atoms with van der Waals surface area (Å²) in [6.07, 6.45) is 2.17. The van der Waals surface area contributed by atoms with E-state index in [9.17, 15) is 13.6 Å². The van der Waals surface area contributed by atoms with Crippen molar-refractivity contribution in [2.24, 2.45) is 13.0 Å². The van der Waals surface area contributed by atoms with Gasteiger partial charge in [-0.15, -0.1) is 15.3 Å². The summed E-state index contributed by atoms with van der Waals surface area (Å²) in [6, 6.07) is 4.74. The fourth-order valence-corrected chi connectivity index (χ4v) is 3.78. The molecule has 0 bridgehead atoms.